The Morgan fingerprint density at radius 3 is 2.62 bits per heavy atom. The highest BCUT2D eigenvalue weighted by molar-refractivity contribution is 9.19. The number of rotatable bonds is 2. The zero-order valence-electron chi connectivity index (χ0n) is 7.76. The molecule has 0 spiro atoms. The third kappa shape index (κ3) is 3.44. The predicted octanol–water partition coefficient (Wildman–Crippen LogP) is 0.866. The van der Waals surface area contributed by atoms with Crippen molar-refractivity contribution in [3.05, 3.63) is 0 Å². The highest BCUT2D eigenvalue weighted by Gasteiger charge is 2.12. The number of hydrogen-bond acceptors (Lipinski definition) is 4. The zero-order chi connectivity index (χ0) is 9.68. The first-order valence-electron chi connectivity index (χ1n) is 4.43. The van der Waals surface area contributed by atoms with Crippen molar-refractivity contribution in [1.29, 1.82) is 0 Å². The standard InChI is InChI=1S/C8H15BrN4/c1-6(8(9)13-10)12-7-2-4-11-5-3-7/h7,11H,2-5,10H2,1H3/b12-6?,13-8+. The molecule has 0 atom stereocenters. The Labute approximate surface area is 86.8 Å². The molecule has 0 aliphatic carbocycles. The molecule has 74 valence electrons. The molecule has 5 heteroatoms. The molecule has 0 saturated carbocycles. The van der Waals surface area contributed by atoms with Gasteiger partial charge in [-0.3, -0.25) is 4.99 Å². The van der Waals surface area contributed by atoms with Gasteiger partial charge in [0.05, 0.1) is 11.8 Å². The summed E-state index contributed by atoms with van der Waals surface area (Å²) < 4.78 is 0.644. The first kappa shape index (κ1) is 10.7. The lowest BCUT2D eigenvalue weighted by molar-refractivity contribution is 0.460. The lowest BCUT2D eigenvalue weighted by Crippen LogP contribution is -2.30. The number of halogens is 1. The number of nitrogens with zero attached hydrogens (tertiary/aromatic N) is 2. The molecular weight excluding hydrogens is 232 g/mol. The fourth-order valence-electron chi connectivity index (χ4n) is 1.36. The number of piperidine rings is 1. The minimum atomic E-state index is 0.426. The number of aliphatic imine (C=N–C) groups is 1. The van der Waals surface area contributed by atoms with Crippen molar-refractivity contribution in [2.75, 3.05) is 13.1 Å². The van der Waals surface area contributed by atoms with Gasteiger partial charge in [0, 0.05) is 0 Å². The molecule has 0 aromatic heterocycles. The van der Waals surface area contributed by atoms with Gasteiger partial charge in [-0.15, -0.1) is 0 Å². The maximum absolute atomic E-state index is 5.13. The molecule has 3 N–H and O–H groups in total. The minimum absolute atomic E-state index is 0.426. The molecule has 0 radical (unpaired) electrons. The number of nitrogens with one attached hydrogen (secondary N) is 1. The summed E-state index contributed by atoms with van der Waals surface area (Å²) in [5, 5.41) is 6.84. The smallest absolute Gasteiger partial charge is 0.146 e. The van der Waals surface area contributed by atoms with Crippen LogP contribution in [0.25, 0.3) is 0 Å². The highest BCUT2D eigenvalue weighted by Crippen LogP contribution is 2.08. The summed E-state index contributed by atoms with van der Waals surface area (Å²) in [6, 6.07) is 0.426. The van der Waals surface area contributed by atoms with Crippen LogP contribution in [-0.2, 0) is 0 Å². The zero-order valence-corrected chi connectivity index (χ0v) is 9.34. The topological polar surface area (TPSA) is 62.8 Å². The van der Waals surface area contributed by atoms with E-state index in [1.807, 2.05) is 6.92 Å². The second-order valence-corrected chi connectivity index (χ2v) is 3.87. The van der Waals surface area contributed by atoms with Crippen LogP contribution in [-0.4, -0.2) is 29.5 Å². The van der Waals surface area contributed by atoms with Crippen LogP contribution in [0.3, 0.4) is 0 Å². The largest absolute Gasteiger partial charge is 0.322 e. The van der Waals surface area contributed by atoms with Crippen molar-refractivity contribution in [1.82, 2.24) is 5.32 Å². The van der Waals surface area contributed by atoms with Crippen molar-refractivity contribution >= 4 is 26.3 Å². The molecule has 0 bridgehead atoms. The summed E-state index contributed by atoms with van der Waals surface area (Å²) >= 11 is 3.25. The average molecular weight is 247 g/mol. The van der Waals surface area contributed by atoms with Crippen molar-refractivity contribution in [3.8, 4) is 0 Å². The van der Waals surface area contributed by atoms with Gasteiger partial charge in [-0.1, -0.05) is 0 Å². The van der Waals surface area contributed by atoms with Crippen molar-refractivity contribution in [2.45, 2.75) is 25.8 Å². The van der Waals surface area contributed by atoms with Crippen LogP contribution in [0.2, 0.25) is 0 Å². The van der Waals surface area contributed by atoms with Crippen molar-refractivity contribution in [3.63, 3.8) is 0 Å². The van der Waals surface area contributed by atoms with Crippen LogP contribution >= 0.6 is 15.9 Å². The molecule has 1 fully saturated rings. The fraction of sp³-hybridized carbons (Fsp3) is 0.750. The Hall–Kier alpha value is -0.420. The molecular formula is C8H15BrN4. The monoisotopic (exact) mass is 246 g/mol. The van der Waals surface area contributed by atoms with Crippen LogP contribution in [0.5, 0.6) is 0 Å². The summed E-state index contributed by atoms with van der Waals surface area (Å²) in [5.41, 5.74) is 0.884. The summed E-state index contributed by atoms with van der Waals surface area (Å²) in [4.78, 5) is 4.53. The van der Waals surface area contributed by atoms with E-state index in [0.717, 1.165) is 31.6 Å². The lowest BCUT2D eigenvalue weighted by atomic mass is 10.1. The van der Waals surface area contributed by atoms with E-state index in [4.69, 9.17) is 5.84 Å². The summed E-state index contributed by atoms with van der Waals surface area (Å²) in [7, 11) is 0. The van der Waals surface area contributed by atoms with Crippen molar-refractivity contribution in [2.24, 2.45) is 15.9 Å². The van der Waals surface area contributed by atoms with Gasteiger partial charge in [0.25, 0.3) is 0 Å². The average Bonchev–Trinajstić information content (AvgIpc) is 2.18. The normalized spacial score (nSPS) is 22.0. The van der Waals surface area contributed by atoms with E-state index in [1.54, 1.807) is 0 Å². The third-order valence-corrected chi connectivity index (χ3v) is 2.88. The Kier molecular flexibility index (Phi) is 4.38. The molecule has 0 unspecified atom stereocenters. The second kappa shape index (κ2) is 5.34. The Morgan fingerprint density at radius 2 is 2.08 bits per heavy atom. The molecule has 1 aliphatic heterocycles. The van der Waals surface area contributed by atoms with E-state index in [2.05, 4.69) is 31.3 Å². The van der Waals surface area contributed by atoms with E-state index in [0.29, 0.717) is 10.7 Å². The minimum Gasteiger partial charge on any atom is -0.322 e. The number of nitrogens with two attached hydrogens (primary N) is 1. The maximum atomic E-state index is 5.13. The Balaban J connectivity index is 2.52. The summed E-state index contributed by atoms with van der Waals surface area (Å²) in [6.45, 7) is 4.03. The van der Waals surface area contributed by atoms with Gasteiger partial charge >= 0.3 is 0 Å². The molecule has 13 heavy (non-hydrogen) atoms. The molecule has 0 aromatic carbocycles. The van der Waals surface area contributed by atoms with Gasteiger partial charge < -0.3 is 11.2 Å². The van der Waals surface area contributed by atoms with Gasteiger partial charge in [0.15, 0.2) is 0 Å². The van der Waals surface area contributed by atoms with Crippen LogP contribution in [0, 0.1) is 0 Å². The van der Waals surface area contributed by atoms with Gasteiger partial charge in [0.2, 0.25) is 0 Å². The van der Waals surface area contributed by atoms with E-state index in [-0.39, 0.29) is 0 Å². The van der Waals surface area contributed by atoms with E-state index < -0.39 is 0 Å². The van der Waals surface area contributed by atoms with Crippen molar-refractivity contribution < 1.29 is 0 Å². The maximum Gasteiger partial charge on any atom is 0.146 e. The molecule has 4 nitrogen and oxygen atoms in total. The van der Waals surface area contributed by atoms with Crippen LogP contribution in [0.1, 0.15) is 19.8 Å². The van der Waals surface area contributed by atoms with E-state index in [1.165, 1.54) is 0 Å². The Morgan fingerprint density at radius 1 is 1.46 bits per heavy atom. The quantitative estimate of drug-likeness (QED) is 0.432. The second-order valence-electron chi connectivity index (χ2n) is 3.12. The third-order valence-electron chi connectivity index (χ3n) is 2.10. The van der Waals surface area contributed by atoms with Gasteiger partial charge in [-0.25, -0.2) is 0 Å². The molecule has 1 heterocycles. The molecule has 1 rings (SSSR count). The summed E-state index contributed by atoms with van der Waals surface area (Å²) in [6.07, 6.45) is 2.20. The molecule has 1 saturated heterocycles. The molecule has 1 aliphatic rings. The highest BCUT2D eigenvalue weighted by atomic mass is 79.9. The van der Waals surface area contributed by atoms with Crippen LogP contribution in [0.4, 0.5) is 0 Å². The van der Waals surface area contributed by atoms with E-state index in [9.17, 15) is 0 Å². The summed E-state index contributed by atoms with van der Waals surface area (Å²) in [5.74, 6) is 5.13. The molecule has 0 amide bonds. The van der Waals surface area contributed by atoms with Gasteiger partial charge in [-0.2, -0.15) is 5.10 Å². The SMILES string of the molecule is CC(=NC1CCNCC1)/C(Br)=N\N. The Bertz CT molecular complexity index is 218. The lowest BCUT2D eigenvalue weighted by Gasteiger charge is -2.19. The molecule has 0 aromatic rings. The predicted molar refractivity (Wildman–Crippen MR) is 59.6 cm³/mol. The fourth-order valence-corrected chi connectivity index (χ4v) is 1.46. The first-order valence-corrected chi connectivity index (χ1v) is 5.22. The number of hydrazone groups is 1. The number of hydrogen-bond donors (Lipinski definition) is 2. The van der Waals surface area contributed by atoms with Crippen LogP contribution in [0.15, 0.2) is 10.1 Å². The van der Waals surface area contributed by atoms with Gasteiger partial charge in [0.1, 0.15) is 4.62 Å². The van der Waals surface area contributed by atoms with Gasteiger partial charge in [-0.05, 0) is 48.8 Å². The van der Waals surface area contributed by atoms with E-state index >= 15 is 0 Å². The van der Waals surface area contributed by atoms with Crippen LogP contribution < -0.4 is 11.2 Å². The first-order chi connectivity index (χ1) is 6.24.